The van der Waals surface area contributed by atoms with Gasteiger partial charge in [-0.05, 0) is 61.7 Å². The molecular weight excluding hydrogens is 291 g/mol. The monoisotopic (exact) mass is 308 g/mol. The quantitative estimate of drug-likeness (QED) is 0.856. The second kappa shape index (κ2) is 5.37. The van der Waals surface area contributed by atoms with E-state index in [1.807, 2.05) is 6.92 Å². The lowest BCUT2D eigenvalue weighted by molar-refractivity contribution is 0.598. The Morgan fingerprint density at radius 3 is 2.33 bits per heavy atom. The highest BCUT2D eigenvalue weighted by Gasteiger charge is 2.18. The number of halogens is 1. The Balaban J connectivity index is 2.43. The lowest BCUT2D eigenvalue weighted by atomic mass is 10.1. The van der Waals surface area contributed by atoms with Crippen LogP contribution in [0.25, 0.3) is 0 Å². The van der Waals surface area contributed by atoms with E-state index in [2.05, 4.69) is 4.72 Å². The zero-order valence-corrected chi connectivity index (χ0v) is 12.9. The fourth-order valence-corrected chi connectivity index (χ4v) is 3.10. The zero-order chi connectivity index (χ0) is 15.8. The minimum Gasteiger partial charge on any atom is -0.398 e. The van der Waals surface area contributed by atoms with Crippen LogP contribution in [0.4, 0.5) is 15.8 Å². The van der Waals surface area contributed by atoms with Crippen molar-refractivity contribution < 1.29 is 12.8 Å². The number of anilines is 2. The molecule has 4 nitrogen and oxygen atoms in total. The minimum atomic E-state index is -3.88. The molecule has 0 aliphatic rings. The van der Waals surface area contributed by atoms with Crippen LogP contribution in [0.15, 0.2) is 35.2 Å². The molecular formula is C15H17FN2O2S. The van der Waals surface area contributed by atoms with Gasteiger partial charge in [-0.15, -0.1) is 0 Å². The standard InChI is InChI=1S/C15H17FN2O2S/c1-9-4-5-15(13(16)6-9)18-21(19,20)12-7-10(2)11(3)14(17)8-12/h4-8,18H,17H2,1-3H3. The first-order valence-corrected chi connectivity index (χ1v) is 7.85. The number of nitrogens with one attached hydrogen (secondary N) is 1. The van der Waals surface area contributed by atoms with Crippen molar-refractivity contribution in [3.05, 3.63) is 52.8 Å². The summed E-state index contributed by atoms with van der Waals surface area (Å²) >= 11 is 0. The van der Waals surface area contributed by atoms with Gasteiger partial charge in [-0.1, -0.05) is 6.07 Å². The van der Waals surface area contributed by atoms with Gasteiger partial charge in [0.2, 0.25) is 0 Å². The maximum absolute atomic E-state index is 13.8. The van der Waals surface area contributed by atoms with Gasteiger partial charge in [-0.25, -0.2) is 12.8 Å². The molecule has 0 aliphatic carbocycles. The first kappa shape index (κ1) is 15.3. The number of aryl methyl sites for hydroxylation is 2. The molecule has 21 heavy (non-hydrogen) atoms. The van der Waals surface area contributed by atoms with Crippen LogP contribution in [0.1, 0.15) is 16.7 Å². The second-order valence-electron chi connectivity index (χ2n) is 5.04. The van der Waals surface area contributed by atoms with E-state index in [9.17, 15) is 12.8 Å². The van der Waals surface area contributed by atoms with Crippen molar-refractivity contribution in [1.29, 1.82) is 0 Å². The number of nitrogen functional groups attached to an aromatic ring is 1. The van der Waals surface area contributed by atoms with Crippen molar-refractivity contribution in [2.45, 2.75) is 25.7 Å². The van der Waals surface area contributed by atoms with Crippen LogP contribution in [0.5, 0.6) is 0 Å². The van der Waals surface area contributed by atoms with Gasteiger partial charge in [0, 0.05) is 5.69 Å². The van der Waals surface area contributed by atoms with Crippen LogP contribution < -0.4 is 10.5 Å². The van der Waals surface area contributed by atoms with Crippen LogP contribution in [-0.2, 0) is 10.0 Å². The minimum absolute atomic E-state index is 0.0167. The summed E-state index contributed by atoms with van der Waals surface area (Å²) in [5, 5.41) is 0. The summed E-state index contributed by atoms with van der Waals surface area (Å²) in [4.78, 5) is 0.0167. The first-order chi connectivity index (χ1) is 9.70. The zero-order valence-electron chi connectivity index (χ0n) is 12.1. The van der Waals surface area contributed by atoms with Gasteiger partial charge < -0.3 is 5.73 Å². The molecule has 2 aromatic rings. The third kappa shape index (κ3) is 3.16. The number of nitrogens with two attached hydrogens (primary N) is 1. The summed E-state index contributed by atoms with van der Waals surface area (Å²) in [5.74, 6) is -0.615. The van der Waals surface area contributed by atoms with Crippen molar-refractivity contribution in [2.75, 3.05) is 10.5 Å². The normalized spacial score (nSPS) is 11.4. The number of rotatable bonds is 3. The Morgan fingerprint density at radius 1 is 1.10 bits per heavy atom. The smallest absolute Gasteiger partial charge is 0.262 e. The Labute approximate surface area is 123 Å². The van der Waals surface area contributed by atoms with Crippen molar-refractivity contribution in [1.82, 2.24) is 0 Å². The molecule has 3 N–H and O–H groups in total. The van der Waals surface area contributed by atoms with Gasteiger partial charge in [0.05, 0.1) is 10.6 Å². The van der Waals surface area contributed by atoms with Gasteiger partial charge in [0.15, 0.2) is 0 Å². The third-order valence-corrected chi connectivity index (χ3v) is 4.71. The summed E-state index contributed by atoms with van der Waals surface area (Å²) in [6.07, 6.45) is 0. The van der Waals surface area contributed by atoms with Gasteiger partial charge in [-0.2, -0.15) is 0 Å². The predicted molar refractivity (Wildman–Crippen MR) is 82.3 cm³/mol. The number of hydrogen-bond acceptors (Lipinski definition) is 3. The summed E-state index contributed by atoms with van der Waals surface area (Å²) in [5.41, 5.74) is 8.40. The van der Waals surface area contributed by atoms with Gasteiger partial charge in [0.25, 0.3) is 10.0 Å². The summed E-state index contributed by atoms with van der Waals surface area (Å²) < 4.78 is 40.7. The molecule has 0 unspecified atom stereocenters. The Bertz CT molecular complexity index is 778. The summed E-state index contributed by atoms with van der Waals surface area (Å²) in [6, 6.07) is 7.19. The molecule has 2 rings (SSSR count). The van der Waals surface area contributed by atoms with Gasteiger partial charge >= 0.3 is 0 Å². The maximum Gasteiger partial charge on any atom is 0.262 e. The molecule has 0 spiro atoms. The van der Waals surface area contributed by atoms with E-state index in [1.165, 1.54) is 24.3 Å². The predicted octanol–water partition coefficient (Wildman–Crippen LogP) is 3.13. The molecule has 2 aromatic carbocycles. The van der Waals surface area contributed by atoms with E-state index in [1.54, 1.807) is 19.9 Å². The van der Waals surface area contributed by atoms with Gasteiger partial charge in [-0.3, -0.25) is 4.72 Å². The molecule has 6 heteroatoms. The third-order valence-electron chi connectivity index (χ3n) is 3.36. The molecule has 0 aliphatic heterocycles. The maximum atomic E-state index is 13.8. The Morgan fingerprint density at radius 2 is 1.76 bits per heavy atom. The molecule has 0 amide bonds. The van der Waals surface area contributed by atoms with E-state index in [-0.39, 0.29) is 10.6 Å². The lowest BCUT2D eigenvalue weighted by Gasteiger charge is -2.12. The van der Waals surface area contributed by atoms with Gasteiger partial charge in [0.1, 0.15) is 5.82 Å². The summed E-state index contributed by atoms with van der Waals surface area (Å²) in [7, 11) is -3.88. The lowest BCUT2D eigenvalue weighted by Crippen LogP contribution is -2.15. The SMILES string of the molecule is Cc1ccc(NS(=O)(=O)c2cc(C)c(C)c(N)c2)c(F)c1. The van der Waals surface area contributed by atoms with Crippen molar-refractivity contribution in [2.24, 2.45) is 0 Å². The highest BCUT2D eigenvalue weighted by Crippen LogP contribution is 2.24. The molecule has 0 fully saturated rings. The molecule has 0 saturated heterocycles. The number of sulfonamides is 1. The Kier molecular flexibility index (Phi) is 3.91. The number of hydrogen-bond donors (Lipinski definition) is 2. The molecule has 0 bridgehead atoms. The summed E-state index contributed by atoms with van der Waals surface area (Å²) in [6.45, 7) is 5.32. The van der Waals surface area contributed by atoms with Crippen LogP contribution in [0.3, 0.4) is 0 Å². The fourth-order valence-electron chi connectivity index (χ4n) is 1.91. The average molecular weight is 308 g/mol. The van der Waals surface area contributed by atoms with E-state index in [4.69, 9.17) is 5.73 Å². The number of benzene rings is 2. The molecule has 112 valence electrons. The first-order valence-electron chi connectivity index (χ1n) is 6.36. The highest BCUT2D eigenvalue weighted by molar-refractivity contribution is 7.92. The van der Waals surface area contributed by atoms with E-state index in [0.29, 0.717) is 11.3 Å². The van der Waals surface area contributed by atoms with E-state index < -0.39 is 15.8 Å². The molecule has 0 saturated carbocycles. The molecule has 0 aromatic heterocycles. The van der Waals surface area contributed by atoms with Crippen molar-refractivity contribution in [3.8, 4) is 0 Å². The van der Waals surface area contributed by atoms with Crippen LogP contribution in [-0.4, -0.2) is 8.42 Å². The molecule has 0 atom stereocenters. The van der Waals surface area contributed by atoms with Crippen LogP contribution >= 0.6 is 0 Å². The molecule has 0 radical (unpaired) electrons. The van der Waals surface area contributed by atoms with Crippen LogP contribution in [0, 0.1) is 26.6 Å². The highest BCUT2D eigenvalue weighted by atomic mass is 32.2. The molecule has 0 heterocycles. The topological polar surface area (TPSA) is 72.2 Å². The average Bonchev–Trinajstić information content (AvgIpc) is 2.38. The fraction of sp³-hybridized carbons (Fsp3) is 0.200. The van der Waals surface area contributed by atoms with Crippen molar-refractivity contribution >= 4 is 21.4 Å². The van der Waals surface area contributed by atoms with Crippen LogP contribution in [0.2, 0.25) is 0 Å². The van der Waals surface area contributed by atoms with E-state index in [0.717, 1.165) is 11.1 Å². The second-order valence-corrected chi connectivity index (χ2v) is 6.73. The van der Waals surface area contributed by atoms with Crippen molar-refractivity contribution in [3.63, 3.8) is 0 Å². The Hall–Kier alpha value is -2.08. The largest absolute Gasteiger partial charge is 0.398 e. The van der Waals surface area contributed by atoms with E-state index >= 15 is 0 Å².